The van der Waals surface area contributed by atoms with Gasteiger partial charge in [-0.25, -0.2) is 0 Å². The van der Waals surface area contributed by atoms with Gasteiger partial charge in [-0.15, -0.1) is 0 Å². The SMILES string of the molecule is CC(C)c1cc(C(=O)N[C@H](C)CCCC(C)(C)O)n(C)n1. The molecule has 1 amide bonds. The van der Waals surface area contributed by atoms with Gasteiger partial charge in [0.1, 0.15) is 5.69 Å². The van der Waals surface area contributed by atoms with Crippen molar-refractivity contribution in [2.24, 2.45) is 7.05 Å². The molecule has 21 heavy (non-hydrogen) atoms. The Morgan fingerprint density at radius 1 is 1.43 bits per heavy atom. The summed E-state index contributed by atoms with van der Waals surface area (Å²) in [6.07, 6.45) is 2.47. The van der Waals surface area contributed by atoms with E-state index >= 15 is 0 Å². The van der Waals surface area contributed by atoms with E-state index in [-0.39, 0.29) is 11.9 Å². The van der Waals surface area contributed by atoms with E-state index in [4.69, 9.17) is 0 Å². The van der Waals surface area contributed by atoms with E-state index in [0.717, 1.165) is 25.0 Å². The van der Waals surface area contributed by atoms with Crippen molar-refractivity contribution in [3.63, 3.8) is 0 Å². The number of hydrogen-bond donors (Lipinski definition) is 2. The Hall–Kier alpha value is -1.36. The molecule has 1 aromatic heterocycles. The van der Waals surface area contributed by atoms with Crippen LogP contribution < -0.4 is 5.32 Å². The molecule has 0 spiro atoms. The summed E-state index contributed by atoms with van der Waals surface area (Å²) >= 11 is 0. The van der Waals surface area contributed by atoms with Gasteiger partial charge in [0.25, 0.3) is 5.91 Å². The molecule has 5 nitrogen and oxygen atoms in total. The van der Waals surface area contributed by atoms with E-state index in [1.165, 1.54) is 0 Å². The molecule has 0 aliphatic rings. The Bertz CT molecular complexity index is 472. The van der Waals surface area contributed by atoms with Crippen LogP contribution >= 0.6 is 0 Å². The van der Waals surface area contributed by atoms with Gasteiger partial charge >= 0.3 is 0 Å². The molecule has 1 aromatic rings. The molecule has 0 fully saturated rings. The van der Waals surface area contributed by atoms with Gasteiger partial charge in [0.15, 0.2) is 0 Å². The molecule has 0 saturated carbocycles. The molecule has 5 heteroatoms. The van der Waals surface area contributed by atoms with Crippen LogP contribution in [0.15, 0.2) is 6.07 Å². The van der Waals surface area contributed by atoms with Gasteiger partial charge in [0.2, 0.25) is 0 Å². The van der Waals surface area contributed by atoms with Crippen LogP contribution in [0.1, 0.15) is 76.0 Å². The van der Waals surface area contributed by atoms with Gasteiger partial charge in [0, 0.05) is 13.1 Å². The van der Waals surface area contributed by atoms with Gasteiger partial charge < -0.3 is 10.4 Å². The lowest BCUT2D eigenvalue weighted by atomic mass is 10.00. The first-order chi connectivity index (χ1) is 9.60. The minimum Gasteiger partial charge on any atom is -0.390 e. The van der Waals surface area contributed by atoms with Crippen LogP contribution in [-0.2, 0) is 7.05 Å². The van der Waals surface area contributed by atoms with E-state index in [2.05, 4.69) is 24.3 Å². The molecule has 0 aliphatic carbocycles. The Labute approximate surface area is 127 Å². The monoisotopic (exact) mass is 295 g/mol. The third kappa shape index (κ3) is 5.87. The fourth-order valence-corrected chi connectivity index (χ4v) is 2.19. The lowest BCUT2D eigenvalue weighted by molar-refractivity contribution is 0.0674. The average Bonchev–Trinajstić information content (AvgIpc) is 2.69. The van der Waals surface area contributed by atoms with Gasteiger partial charge in [-0.3, -0.25) is 9.48 Å². The standard InChI is InChI=1S/C16H29N3O2/c1-11(2)13-10-14(19(6)18-13)15(20)17-12(3)8-7-9-16(4,5)21/h10-12,21H,7-9H2,1-6H3,(H,17,20)/t12-/m1/s1. The maximum Gasteiger partial charge on any atom is 0.269 e. The summed E-state index contributed by atoms with van der Waals surface area (Å²) in [5.74, 6) is 0.217. The highest BCUT2D eigenvalue weighted by Crippen LogP contribution is 2.15. The normalized spacial score (nSPS) is 13.5. The van der Waals surface area contributed by atoms with Crippen molar-refractivity contribution < 1.29 is 9.90 Å². The van der Waals surface area contributed by atoms with Crippen LogP contribution in [0.25, 0.3) is 0 Å². The third-order valence-corrected chi connectivity index (χ3v) is 3.53. The quantitative estimate of drug-likeness (QED) is 0.812. The molecule has 0 bridgehead atoms. The van der Waals surface area contributed by atoms with E-state index < -0.39 is 5.60 Å². The molecule has 0 aromatic carbocycles. The Kier molecular flexibility index (Phi) is 5.96. The molecule has 0 radical (unpaired) electrons. The first-order valence-electron chi connectivity index (χ1n) is 7.67. The number of amides is 1. The second-order valence-corrected chi connectivity index (χ2v) is 6.81. The highest BCUT2D eigenvalue weighted by molar-refractivity contribution is 5.92. The lowest BCUT2D eigenvalue weighted by Crippen LogP contribution is -2.34. The van der Waals surface area contributed by atoms with Gasteiger partial charge in [0.05, 0.1) is 11.3 Å². The van der Waals surface area contributed by atoms with Crippen molar-refractivity contribution in [3.05, 3.63) is 17.5 Å². The first-order valence-corrected chi connectivity index (χ1v) is 7.67. The number of rotatable bonds is 7. The molecule has 0 unspecified atom stereocenters. The molecule has 120 valence electrons. The fraction of sp³-hybridized carbons (Fsp3) is 0.750. The zero-order chi connectivity index (χ0) is 16.2. The van der Waals surface area contributed by atoms with Crippen LogP contribution in [0.2, 0.25) is 0 Å². The number of nitrogens with zero attached hydrogens (tertiary/aromatic N) is 2. The second kappa shape index (κ2) is 7.07. The maximum absolute atomic E-state index is 12.3. The number of carbonyl (C=O) groups is 1. The molecule has 0 saturated heterocycles. The van der Waals surface area contributed by atoms with Gasteiger partial charge in [-0.2, -0.15) is 5.10 Å². The first kappa shape index (κ1) is 17.7. The zero-order valence-electron chi connectivity index (χ0n) is 14.1. The third-order valence-electron chi connectivity index (χ3n) is 3.53. The summed E-state index contributed by atoms with van der Waals surface area (Å²) in [4.78, 5) is 12.3. The van der Waals surface area contributed by atoms with Crippen LogP contribution in [0.5, 0.6) is 0 Å². The largest absolute Gasteiger partial charge is 0.390 e. The number of hydrogen-bond acceptors (Lipinski definition) is 3. The summed E-state index contributed by atoms with van der Waals surface area (Å²) in [6.45, 7) is 9.72. The van der Waals surface area contributed by atoms with Crippen molar-refractivity contribution in [1.29, 1.82) is 0 Å². The van der Waals surface area contributed by atoms with Crippen molar-refractivity contribution in [3.8, 4) is 0 Å². The maximum atomic E-state index is 12.3. The second-order valence-electron chi connectivity index (χ2n) is 6.81. The molecule has 1 rings (SSSR count). The van der Waals surface area contributed by atoms with E-state index in [1.807, 2.05) is 13.0 Å². The number of aromatic nitrogens is 2. The molecule has 1 atom stereocenters. The van der Waals surface area contributed by atoms with Crippen LogP contribution in [0.4, 0.5) is 0 Å². The number of carbonyl (C=O) groups excluding carboxylic acids is 1. The Morgan fingerprint density at radius 2 is 2.05 bits per heavy atom. The van der Waals surface area contributed by atoms with Crippen molar-refractivity contribution in [2.75, 3.05) is 0 Å². The van der Waals surface area contributed by atoms with E-state index in [9.17, 15) is 9.90 Å². The van der Waals surface area contributed by atoms with Crippen LogP contribution in [0, 0.1) is 0 Å². The number of aryl methyl sites for hydroxylation is 1. The highest BCUT2D eigenvalue weighted by Gasteiger charge is 2.17. The lowest BCUT2D eigenvalue weighted by Gasteiger charge is -2.19. The molecule has 2 N–H and O–H groups in total. The van der Waals surface area contributed by atoms with Crippen molar-refractivity contribution in [1.82, 2.24) is 15.1 Å². The number of nitrogens with one attached hydrogen (secondary N) is 1. The summed E-state index contributed by atoms with van der Waals surface area (Å²) in [6, 6.07) is 1.93. The van der Waals surface area contributed by atoms with Gasteiger partial charge in [-0.05, 0) is 52.0 Å². The molecular formula is C16H29N3O2. The summed E-state index contributed by atoms with van der Waals surface area (Å²) in [5, 5.41) is 17.0. The van der Waals surface area contributed by atoms with Crippen molar-refractivity contribution in [2.45, 2.75) is 71.4 Å². The summed E-state index contributed by atoms with van der Waals surface area (Å²) in [7, 11) is 1.79. The fourth-order valence-electron chi connectivity index (χ4n) is 2.19. The Balaban J connectivity index is 2.53. The number of aliphatic hydroxyl groups is 1. The van der Waals surface area contributed by atoms with Crippen LogP contribution in [0.3, 0.4) is 0 Å². The average molecular weight is 295 g/mol. The minimum atomic E-state index is -0.641. The smallest absolute Gasteiger partial charge is 0.269 e. The molecule has 1 heterocycles. The van der Waals surface area contributed by atoms with Crippen LogP contribution in [-0.4, -0.2) is 32.4 Å². The predicted octanol–water partition coefficient (Wildman–Crippen LogP) is 2.60. The van der Waals surface area contributed by atoms with Crippen molar-refractivity contribution >= 4 is 5.91 Å². The minimum absolute atomic E-state index is 0.0808. The van der Waals surface area contributed by atoms with E-state index in [0.29, 0.717) is 11.6 Å². The van der Waals surface area contributed by atoms with E-state index in [1.54, 1.807) is 25.6 Å². The molecular weight excluding hydrogens is 266 g/mol. The predicted molar refractivity (Wildman–Crippen MR) is 84.4 cm³/mol. The molecule has 0 aliphatic heterocycles. The zero-order valence-corrected chi connectivity index (χ0v) is 14.1. The highest BCUT2D eigenvalue weighted by atomic mass is 16.3. The van der Waals surface area contributed by atoms with Gasteiger partial charge in [-0.1, -0.05) is 13.8 Å². The topological polar surface area (TPSA) is 67.2 Å². The Morgan fingerprint density at radius 3 is 2.52 bits per heavy atom. The summed E-state index contributed by atoms with van der Waals surface area (Å²) in [5.41, 5.74) is 0.878. The summed E-state index contributed by atoms with van der Waals surface area (Å²) < 4.78 is 1.63.